The van der Waals surface area contributed by atoms with Gasteiger partial charge < -0.3 is 14.2 Å². The molecule has 0 fully saturated rings. The first-order chi connectivity index (χ1) is 9.15. The Morgan fingerprint density at radius 1 is 1.42 bits per heavy atom. The zero-order valence-corrected chi connectivity index (χ0v) is 10.3. The molecule has 0 saturated heterocycles. The van der Waals surface area contributed by atoms with Gasteiger partial charge in [-0.2, -0.15) is 0 Å². The Balaban J connectivity index is 1.98. The summed E-state index contributed by atoms with van der Waals surface area (Å²) >= 11 is 0. The first kappa shape index (κ1) is 11.5. The fourth-order valence-electron chi connectivity index (χ4n) is 2.22. The lowest BCUT2D eigenvalue weighted by Gasteiger charge is -2.01. The van der Waals surface area contributed by atoms with Gasteiger partial charge in [0.2, 0.25) is 0 Å². The van der Waals surface area contributed by atoms with Crippen molar-refractivity contribution in [2.75, 3.05) is 0 Å². The third-order valence-corrected chi connectivity index (χ3v) is 3.09. The maximum atomic E-state index is 10.8. The fourth-order valence-corrected chi connectivity index (χ4v) is 2.22. The molecule has 0 amide bonds. The Bertz CT molecular complexity index is 755. The molecular weight excluding hydrogens is 244 g/mol. The van der Waals surface area contributed by atoms with Gasteiger partial charge in [0.15, 0.2) is 11.5 Å². The van der Waals surface area contributed by atoms with Crippen molar-refractivity contribution >= 4 is 16.9 Å². The average molecular weight is 256 g/mol. The van der Waals surface area contributed by atoms with Gasteiger partial charge in [-0.15, -0.1) is 0 Å². The van der Waals surface area contributed by atoms with E-state index >= 15 is 0 Å². The molecule has 0 aliphatic rings. The third kappa shape index (κ3) is 1.99. The number of carboxylic acid groups (broad SMARTS) is 1. The molecule has 3 aromatic rings. The number of hydrogen-bond acceptors (Lipinski definition) is 3. The van der Waals surface area contributed by atoms with Crippen LogP contribution in [0.15, 0.2) is 41.1 Å². The number of carboxylic acids is 1. The molecule has 0 spiro atoms. The van der Waals surface area contributed by atoms with Crippen LogP contribution in [0, 0.1) is 6.92 Å². The molecule has 0 aliphatic carbocycles. The minimum Gasteiger partial charge on any atom is -0.476 e. The molecule has 1 N–H and O–H groups in total. The first-order valence-corrected chi connectivity index (χ1v) is 5.88. The topological polar surface area (TPSA) is 68.3 Å². The average Bonchev–Trinajstić information content (AvgIpc) is 2.97. The number of para-hydroxylation sites is 1. The second-order valence-corrected chi connectivity index (χ2v) is 4.44. The van der Waals surface area contributed by atoms with Crippen LogP contribution in [-0.2, 0) is 6.54 Å². The molecule has 2 aromatic heterocycles. The van der Waals surface area contributed by atoms with Crippen LogP contribution in [0.25, 0.3) is 10.9 Å². The van der Waals surface area contributed by atoms with E-state index in [1.807, 2.05) is 35.9 Å². The number of rotatable bonds is 3. The van der Waals surface area contributed by atoms with Gasteiger partial charge in [-0.25, -0.2) is 4.79 Å². The molecular formula is C14H12N2O3. The Morgan fingerprint density at radius 2 is 2.21 bits per heavy atom. The minimum atomic E-state index is -1.08. The van der Waals surface area contributed by atoms with Crippen molar-refractivity contribution in [3.63, 3.8) is 0 Å². The summed E-state index contributed by atoms with van der Waals surface area (Å²) < 4.78 is 7.06. The number of fused-ring (bicyclic) bond motifs is 1. The number of aryl methyl sites for hydroxylation is 1. The number of hydrogen-bond donors (Lipinski definition) is 1. The summed E-state index contributed by atoms with van der Waals surface area (Å²) in [5.41, 5.74) is 2.20. The van der Waals surface area contributed by atoms with Crippen LogP contribution in [0.4, 0.5) is 0 Å². The van der Waals surface area contributed by atoms with E-state index in [2.05, 4.69) is 11.2 Å². The Labute approximate surface area is 109 Å². The van der Waals surface area contributed by atoms with Gasteiger partial charge in [0.1, 0.15) is 0 Å². The van der Waals surface area contributed by atoms with Gasteiger partial charge in [0.25, 0.3) is 0 Å². The summed E-state index contributed by atoms with van der Waals surface area (Å²) in [5, 5.41) is 13.5. The normalized spacial score (nSPS) is 11.0. The molecule has 1 aromatic carbocycles. The lowest BCUT2D eigenvalue weighted by molar-refractivity contribution is 0.0685. The standard InChI is InChI=1S/C14H12N2O3/c1-9-7-16(13-5-3-2-4-11(9)13)8-10-6-12(14(17)18)15-19-10/h2-7H,8H2,1H3,(H,17,18). The Kier molecular flexibility index (Phi) is 2.59. The van der Waals surface area contributed by atoms with Crippen LogP contribution in [0.2, 0.25) is 0 Å². The fraction of sp³-hybridized carbons (Fsp3) is 0.143. The van der Waals surface area contributed by atoms with Crippen molar-refractivity contribution in [2.45, 2.75) is 13.5 Å². The van der Waals surface area contributed by atoms with Crippen LogP contribution >= 0.6 is 0 Å². The molecule has 96 valence electrons. The van der Waals surface area contributed by atoms with Crippen molar-refractivity contribution < 1.29 is 14.4 Å². The van der Waals surface area contributed by atoms with E-state index in [9.17, 15) is 4.79 Å². The Hall–Kier alpha value is -2.56. The van der Waals surface area contributed by atoms with Crippen molar-refractivity contribution in [3.8, 4) is 0 Å². The second-order valence-electron chi connectivity index (χ2n) is 4.44. The van der Waals surface area contributed by atoms with E-state index < -0.39 is 5.97 Å². The molecule has 0 bridgehead atoms. The molecule has 0 aliphatic heterocycles. The molecule has 5 heteroatoms. The molecule has 19 heavy (non-hydrogen) atoms. The van der Waals surface area contributed by atoms with E-state index in [4.69, 9.17) is 9.63 Å². The van der Waals surface area contributed by atoms with Crippen LogP contribution in [0.1, 0.15) is 21.8 Å². The molecule has 0 unspecified atom stereocenters. The third-order valence-electron chi connectivity index (χ3n) is 3.09. The summed E-state index contributed by atoms with van der Waals surface area (Å²) in [6, 6.07) is 9.51. The lowest BCUT2D eigenvalue weighted by Crippen LogP contribution is -1.97. The highest BCUT2D eigenvalue weighted by Crippen LogP contribution is 2.21. The minimum absolute atomic E-state index is 0.0665. The zero-order chi connectivity index (χ0) is 13.4. The number of carbonyl (C=O) groups is 1. The number of aromatic carboxylic acids is 1. The van der Waals surface area contributed by atoms with Crippen LogP contribution in [0.5, 0.6) is 0 Å². The van der Waals surface area contributed by atoms with Gasteiger partial charge in [0, 0.05) is 23.2 Å². The predicted molar refractivity (Wildman–Crippen MR) is 69.2 cm³/mol. The highest BCUT2D eigenvalue weighted by atomic mass is 16.5. The van der Waals surface area contributed by atoms with E-state index in [1.54, 1.807) is 0 Å². The monoisotopic (exact) mass is 256 g/mol. The highest BCUT2D eigenvalue weighted by molar-refractivity contribution is 5.85. The summed E-state index contributed by atoms with van der Waals surface area (Å²) in [6.07, 6.45) is 2.02. The first-order valence-electron chi connectivity index (χ1n) is 5.88. The zero-order valence-electron chi connectivity index (χ0n) is 10.3. The quantitative estimate of drug-likeness (QED) is 0.782. The summed E-state index contributed by atoms with van der Waals surface area (Å²) in [6.45, 7) is 2.51. The molecule has 0 saturated carbocycles. The van der Waals surface area contributed by atoms with E-state index in [1.165, 1.54) is 17.0 Å². The predicted octanol–water partition coefficient (Wildman–Crippen LogP) is 2.68. The summed E-state index contributed by atoms with van der Waals surface area (Å²) in [7, 11) is 0. The van der Waals surface area contributed by atoms with Crippen LogP contribution in [-0.4, -0.2) is 20.8 Å². The maximum Gasteiger partial charge on any atom is 0.358 e. The van der Waals surface area contributed by atoms with Crippen molar-refractivity contribution in [2.24, 2.45) is 0 Å². The van der Waals surface area contributed by atoms with Gasteiger partial charge in [-0.1, -0.05) is 23.4 Å². The van der Waals surface area contributed by atoms with Gasteiger partial charge in [0.05, 0.1) is 6.54 Å². The summed E-state index contributed by atoms with van der Waals surface area (Å²) in [4.78, 5) is 10.8. The van der Waals surface area contributed by atoms with Crippen molar-refractivity contribution in [3.05, 3.63) is 53.5 Å². The SMILES string of the molecule is Cc1cn(Cc2cc(C(=O)O)no2)c2ccccc12. The molecule has 5 nitrogen and oxygen atoms in total. The summed E-state index contributed by atoms with van der Waals surface area (Å²) in [5.74, 6) is -0.554. The maximum absolute atomic E-state index is 10.8. The number of aromatic nitrogens is 2. The van der Waals surface area contributed by atoms with Crippen LogP contribution < -0.4 is 0 Å². The number of benzene rings is 1. The largest absolute Gasteiger partial charge is 0.476 e. The van der Waals surface area contributed by atoms with Crippen LogP contribution in [0.3, 0.4) is 0 Å². The van der Waals surface area contributed by atoms with Crippen molar-refractivity contribution in [1.29, 1.82) is 0 Å². The Morgan fingerprint density at radius 3 is 2.95 bits per heavy atom. The second kappa shape index (κ2) is 4.28. The molecule has 0 atom stereocenters. The van der Waals surface area contributed by atoms with E-state index in [0.717, 1.165) is 5.52 Å². The molecule has 3 rings (SSSR count). The van der Waals surface area contributed by atoms with Gasteiger partial charge >= 0.3 is 5.97 Å². The molecule has 2 heterocycles. The van der Waals surface area contributed by atoms with E-state index in [-0.39, 0.29) is 5.69 Å². The highest BCUT2D eigenvalue weighted by Gasteiger charge is 2.12. The van der Waals surface area contributed by atoms with Gasteiger partial charge in [-0.3, -0.25) is 0 Å². The van der Waals surface area contributed by atoms with E-state index in [0.29, 0.717) is 12.3 Å². The van der Waals surface area contributed by atoms with Gasteiger partial charge in [-0.05, 0) is 18.6 Å². The lowest BCUT2D eigenvalue weighted by atomic mass is 10.2. The number of nitrogens with zero attached hydrogens (tertiary/aromatic N) is 2. The smallest absolute Gasteiger partial charge is 0.358 e. The van der Waals surface area contributed by atoms with Crippen molar-refractivity contribution in [1.82, 2.24) is 9.72 Å². The molecule has 0 radical (unpaired) electrons.